The maximum Gasteiger partial charge on any atom is 0.252 e. The van der Waals surface area contributed by atoms with Gasteiger partial charge in [-0.25, -0.2) is 0 Å². The van der Waals surface area contributed by atoms with Gasteiger partial charge >= 0.3 is 0 Å². The van der Waals surface area contributed by atoms with Crippen molar-refractivity contribution in [2.75, 3.05) is 0 Å². The molecule has 0 unspecified atom stereocenters. The highest BCUT2D eigenvalue weighted by Crippen LogP contribution is 2.32. The molecule has 128 valence electrons. The van der Waals surface area contributed by atoms with Crippen LogP contribution >= 0.6 is 11.3 Å². The van der Waals surface area contributed by atoms with Crippen molar-refractivity contribution < 1.29 is 9.90 Å². The quantitative estimate of drug-likeness (QED) is 0.811. The molecular weight excluding hydrogens is 320 g/mol. The van der Waals surface area contributed by atoms with E-state index < -0.39 is 0 Å². The molecule has 1 atom stereocenters. The van der Waals surface area contributed by atoms with E-state index in [1.807, 2.05) is 29.6 Å². The highest BCUT2D eigenvalue weighted by atomic mass is 32.1. The lowest BCUT2D eigenvalue weighted by Gasteiger charge is -2.38. The molecule has 0 aliphatic heterocycles. The number of aliphatic hydroxyl groups excluding tert-OH is 1. The third-order valence-electron chi connectivity index (χ3n) is 4.60. The van der Waals surface area contributed by atoms with E-state index >= 15 is 0 Å². The van der Waals surface area contributed by atoms with Crippen molar-refractivity contribution in [2.24, 2.45) is 5.92 Å². The minimum absolute atomic E-state index is 0.0177. The molecule has 2 N–H and O–H groups in total. The smallest absolute Gasteiger partial charge is 0.252 e. The molecule has 2 aromatic rings. The van der Waals surface area contributed by atoms with Crippen LogP contribution in [0.1, 0.15) is 47.1 Å². The van der Waals surface area contributed by atoms with E-state index in [1.54, 1.807) is 17.5 Å². The third-order valence-corrected chi connectivity index (χ3v) is 5.60. The Kier molecular flexibility index (Phi) is 5.63. The molecule has 1 amide bonds. The summed E-state index contributed by atoms with van der Waals surface area (Å²) in [5.74, 6) is 0.302. The van der Waals surface area contributed by atoms with Crippen molar-refractivity contribution in [3.63, 3.8) is 0 Å². The zero-order chi connectivity index (χ0) is 16.9. The number of aliphatic hydroxyl groups is 1. The molecular formula is C19H24N2O2S. The predicted octanol–water partition coefficient (Wildman–Crippen LogP) is 3.21. The van der Waals surface area contributed by atoms with Crippen molar-refractivity contribution in [3.05, 3.63) is 52.0 Å². The second-order valence-electron chi connectivity index (χ2n) is 6.54. The molecule has 5 heteroatoms. The largest absolute Gasteiger partial charge is 0.393 e. The minimum atomic E-state index is -0.226. The summed E-state index contributed by atoms with van der Waals surface area (Å²) in [6.45, 7) is 2.14. The van der Waals surface area contributed by atoms with E-state index in [2.05, 4.69) is 17.2 Å². The van der Waals surface area contributed by atoms with Crippen LogP contribution in [0.25, 0.3) is 0 Å². The van der Waals surface area contributed by atoms with Crippen LogP contribution in [0, 0.1) is 5.92 Å². The highest BCUT2D eigenvalue weighted by molar-refractivity contribution is 7.10. The molecule has 0 bridgehead atoms. The van der Waals surface area contributed by atoms with Crippen molar-refractivity contribution >= 4 is 17.2 Å². The summed E-state index contributed by atoms with van der Waals surface area (Å²) in [6.07, 6.45) is 5.87. The number of pyridine rings is 1. The number of hydrogen-bond acceptors (Lipinski definition) is 4. The molecule has 1 saturated carbocycles. The number of nitrogens with zero attached hydrogens (tertiary/aromatic N) is 1. The van der Waals surface area contributed by atoms with Crippen LogP contribution in [0.4, 0.5) is 0 Å². The number of aryl methyl sites for hydroxylation is 1. The zero-order valence-electron chi connectivity index (χ0n) is 13.9. The SMILES string of the molecule is CCCc1cc(C(=O)N[C@@H](Cc2ccccn2)C2CC(O)C2)cs1. The Morgan fingerprint density at radius 1 is 1.46 bits per heavy atom. The molecule has 0 spiro atoms. The van der Waals surface area contributed by atoms with Gasteiger partial charge in [-0.3, -0.25) is 9.78 Å². The minimum Gasteiger partial charge on any atom is -0.393 e. The van der Waals surface area contributed by atoms with E-state index in [-0.39, 0.29) is 18.1 Å². The van der Waals surface area contributed by atoms with Gasteiger partial charge < -0.3 is 10.4 Å². The number of hydrogen-bond donors (Lipinski definition) is 2. The lowest BCUT2D eigenvalue weighted by molar-refractivity contribution is 0.0238. The number of thiophene rings is 1. The van der Waals surface area contributed by atoms with Gasteiger partial charge in [-0.05, 0) is 43.4 Å². The molecule has 1 aliphatic rings. The lowest BCUT2D eigenvalue weighted by atomic mass is 9.76. The van der Waals surface area contributed by atoms with Gasteiger partial charge in [-0.15, -0.1) is 11.3 Å². The number of carbonyl (C=O) groups excluding carboxylic acids is 1. The number of amides is 1. The van der Waals surface area contributed by atoms with Crippen LogP contribution < -0.4 is 5.32 Å². The van der Waals surface area contributed by atoms with Crippen molar-refractivity contribution in [2.45, 2.75) is 51.2 Å². The molecule has 0 aromatic carbocycles. The summed E-state index contributed by atoms with van der Waals surface area (Å²) >= 11 is 1.65. The molecule has 3 rings (SSSR count). The Balaban J connectivity index is 1.67. The lowest BCUT2D eigenvalue weighted by Crippen LogP contribution is -2.48. The Morgan fingerprint density at radius 3 is 2.96 bits per heavy atom. The van der Waals surface area contributed by atoms with Gasteiger partial charge in [0, 0.05) is 34.6 Å². The number of aromatic nitrogens is 1. The Morgan fingerprint density at radius 2 is 2.29 bits per heavy atom. The molecule has 4 nitrogen and oxygen atoms in total. The summed E-state index contributed by atoms with van der Waals surface area (Å²) in [4.78, 5) is 18.2. The second-order valence-corrected chi connectivity index (χ2v) is 7.54. The normalized spacial score (nSPS) is 21.1. The molecule has 2 heterocycles. The van der Waals surface area contributed by atoms with Crippen LogP contribution in [-0.4, -0.2) is 28.1 Å². The standard InChI is InChI=1S/C19H24N2O2S/c1-2-5-17-10-14(12-24-17)19(23)21-18(13-8-16(22)9-13)11-15-6-3-4-7-20-15/h3-4,6-7,10,12-13,16,18,22H,2,5,8-9,11H2,1H3,(H,21,23)/t13?,16?,18-/m0/s1. The summed E-state index contributed by atoms with van der Waals surface area (Å²) in [7, 11) is 0. The van der Waals surface area contributed by atoms with Gasteiger partial charge in [-0.1, -0.05) is 19.4 Å². The fraction of sp³-hybridized carbons (Fsp3) is 0.474. The Bertz CT molecular complexity index is 665. The van der Waals surface area contributed by atoms with Crippen molar-refractivity contribution in [1.29, 1.82) is 0 Å². The third kappa shape index (κ3) is 4.22. The summed E-state index contributed by atoms with van der Waals surface area (Å²) in [5, 5.41) is 14.7. The van der Waals surface area contributed by atoms with E-state index in [0.717, 1.165) is 36.9 Å². The van der Waals surface area contributed by atoms with Crippen molar-refractivity contribution in [3.8, 4) is 0 Å². The molecule has 1 fully saturated rings. The van der Waals surface area contributed by atoms with Gasteiger partial charge in [-0.2, -0.15) is 0 Å². The second kappa shape index (κ2) is 7.90. The average molecular weight is 344 g/mol. The van der Waals surface area contributed by atoms with Gasteiger partial charge in [0.15, 0.2) is 0 Å². The van der Waals surface area contributed by atoms with Crippen LogP contribution in [0.5, 0.6) is 0 Å². The predicted molar refractivity (Wildman–Crippen MR) is 96.2 cm³/mol. The van der Waals surface area contributed by atoms with Crippen LogP contribution in [0.3, 0.4) is 0 Å². The molecule has 2 aromatic heterocycles. The fourth-order valence-electron chi connectivity index (χ4n) is 3.17. The zero-order valence-corrected chi connectivity index (χ0v) is 14.8. The van der Waals surface area contributed by atoms with E-state index in [0.29, 0.717) is 12.3 Å². The fourth-order valence-corrected chi connectivity index (χ4v) is 4.14. The molecule has 1 aliphatic carbocycles. The van der Waals surface area contributed by atoms with E-state index in [9.17, 15) is 9.90 Å². The Hall–Kier alpha value is -1.72. The first kappa shape index (κ1) is 17.1. The monoisotopic (exact) mass is 344 g/mol. The van der Waals surface area contributed by atoms with Crippen LogP contribution in [-0.2, 0) is 12.8 Å². The van der Waals surface area contributed by atoms with Gasteiger partial charge in [0.2, 0.25) is 0 Å². The topological polar surface area (TPSA) is 62.2 Å². The van der Waals surface area contributed by atoms with Gasteiger partial charge in [0.05, 0.1) is 11.7 Å². The summed E-state index contributed by atoms with van der Waals surface area (Å²) in [5.41, 5.74) is 1.72. The van der Waals surface area contributed by atoms with Crippen LogP contribution in [0.2, 0.25) is 0 Å². The molecule has 0 radical (unpaired) electrons. The maximum atomic E-state index is 12.6. The summed E-state index contributed by atoms with van der Waals surface area (Å²) in [6, 6.07) is 7.86. The van der Waals surface area contributed by atoms with Crippen molar-refractivity contribution in [1.82, 2.24) is 10.3 Å². The summed E-state index contributed by atoms with van der Waals surface area (Å²) < 4.78 is 0. The highest BCUT2D eigenvalue weighted by Gasteiger charge is 2.35. The molecule has 24 heavy (non-hydrogen) atoms. The average Bonchev–Trinajstić information content (AvgIpc) is 3.01. The van der Waals surface area contributed by atoms with E-state index in [1.165, 1.54) is 4.88 Å². The van der Waals surface area contributed by atoms with Crippen LogP contribution in [0.15, 0.2) is 35.8 Å². The van der Waals surface area contributed by atoms with Gasteiger partial charge in [0.25, 0.3) is 5.91 Å². The Labute approximate surface area is 146 Å². The molecule has 0 saturated heterocycles. The van der Waals surface area contributed by atoms with E-state index in [4.69, 9.17) is 0 Å². The number of rotatable bonds is 7. The number of carbonyl (C=O) groups is 1. The first-order chi connectivity index (χ1) is 11.7. The first-order valence-electron chi connectivity index (χ1n) is 8.62. The van der Waals surface area contributed by atoms with Gasteiger partial charge in [0.1, 0.15) is 0 Å². The number of nitrogens with one attached hydrogen (secondary N) is 1. The first-order valence-corrected chi connectivity index (χ1v) is 9.50. The maximum absolute atomic E-state index is 12.6.